The van der Waals surface area contributed by atoms with E-state index in [0.29, 0.717) is 57.2 Å². The van der Waals surface area contributed by atoms with Gasteiger partial charge in [0.1, 0.15) is 0 Å². The Kier molecular flexibility index (Phi) is 8.86. The van der Waals surface area contributed by atoms with Gasteiger partial charge < -0.3 is 15.0 Å². The van der Waals surface area contributed by atoms with Crippen LogP contribution in [0.1, 0.15) is 62.5 Å². The van der Waals surface area contributed by atoms with Crippen molar-refractivity contribution >= 4 is 16.1 Å². The van der Waals surface area contributed by atoms with E-state index in [1.807, 2.05) is 6.92 Å². The number of rotatable bonds is 7. The van der Waals surface area contributed by atoms with Gasteiger partial charge in [0, 0.05) is 19.1 Å². The lowest BCUT2D eigenvalue weighted by molar-refractivity contribution is -0.138. The molecular weight excluding hydrogens is 471 g/mol. The molecule has 0 unspecified atom stereocenters. The molecule has 1 saturated carbocycles. The van der Waals surface area contributed by atoms with E-state index in [9.17, 15) is 26.4 Å². The molecule has 2 fully saturated rings. The number of carbonyl (C=O) groups is 1. The second kappa shape index (κ2) is 11.3. The molecule has 3 rings (SSSR count). The molecule has 2 atom stereocenters. The molecule has 2 N–H and O–H groups in total. The Morgan fingerprint density at radius 3 is 2.44 bits per heavy atom. The Hall–Kier alpha value is -1.85. The largest absolute Gasteiger partial charge is 0.416 e. The molecule has 2 amide bonds. The standard InChI is InChI=1S/C23H34F3N3O4S/c1-3-27-22(30)29-14-6-9-20(28-34(2,31)32)21(29)15-33-17-12-10-16(11-13-17)18-7-4-5-8-19(18)23(24,25)26/h4-5,7-8,16-17,20-21,28H,3,6,9-15H2,1-2H3,(H,27,30)/t16-,17+,20-,21-/m0/s1. The maximum absolute atomic E-state index is 13.4. The first kappa shape index (κ1) is 26.7. The fraction of sp³-hybridized carbons (Fsp3) is 0.696. The number of carbonyl (C=O) groups excluding carboxylic acids is 1. The van der Waals surface area contributed by atoms with Crippen LogP contribution in [0.5, 0.6) is 0 Å². The molecule has 1 aliphatic carbocycles. The van der Waals surface area contributed by atoms with Crippen LogP contribution in [0.4, 0.5) is 18.0 Å². The molecule has 0 radical (unpaired) electrons. The van der Waals surface area contributed by atoms with Crippen molar-refractivity contribution in [3.05, 3.63) is 35.4 Å². The van der Waals surface area contributed by atoms with E-state index in [-0.39, 0.29) is 24.7 Å². The highest BCUT2D eigenvalue weighted by Gasteiger charge is 2.38. The highest BCUT2D eigenvalue weighted by molar-refractivity contribution is 7.88. The number of sulfonamides is 1. The molecule has 0 spiro atoms. The van der Waals surface area contributed by atoms with Crippen molar-refractivity contribution in [3.8, 4) is 0 Å². The normalized spacial score (nSPS) is 26.3. The second-order valence-electron chi connectivity index (χ2n) is 9.13. The van der Waals surface area contributed by atoms with Crippen molar-refractivity contribution in [1.82, 2.24) is 14.9 Å². The lowest BCUT2D eigenvalue weighted by Gasteiger charge is -2.42. The molecular formula is C23H34F3N3O4S. The number of likely N-dealkylation sites (tertiary alicyclic amines) is 1. The van der Waals surface area contributed by atoms with E-state index in [1.165, 1.54) is 6.07 Å². The van der Waals surface area contributed by atoms with Crippen molar-refractivity contribution < 1.29 is 31.1 Å². The third-order valence-electron chi connectivity index (χ3n) is 6.62. The van der Waals surface area contributed by atoms with Gasteiger partial charge >= 0.3 is 12.2 Å². The van der Waals surface area contributed by atoms with Crippen molar-refractivity contribution in [2.45, 2.75) is 75.7 Å². The van der Waals surface area contributed by atoms with Crippen LogP contribution in [-0.4, -0.2) is 63.5 Å². The number of amides is 2. The van der Waals surface area contributed by atoms with E-state index in [4.69, 9.17) is 4.74 Å². The number of halogens is 3. The first-order valence-corrected chi connectivity index (χ1v) is 13.7. The van der Waals surface area contributed by atoms with Gasteiger partial charge in [-0.2, -0.15) is 13.2 Å². The molecule has 192 valence electrons. The van der Waals surface area contributed by atoms with Crippen molar-refractivity contribution in [2.75, 3.05) is 26.0 Å². The Labute approximate surface area is 199 Å². The summed E-state index contributed by atoms with van der Waals surface area (Å²) in [6.07, 6.45) is 0.199. The number of benzene rings is 1. The van der Waals surface area contributed by atoms with Gasteiger partial charge in [-0.15, -0.1) is 0 Å². The molecule has 1 saturated heterocycles. The van der Waals surface area contributed by atoms with Gasteiger partial charge in [-0.3, -0.25) is 0 Å². The van der Waals surface area contributed by atoms with Gasteiger partial charge in [0.2, 0.25) is 10.0 Å². The first-order valence-electron chi connectivity index (χ1n) is 11.8. The predicted molar refractivity (Wildman–Crippen MR) is 123 cm³/mol. The molecule has 1 aromatic rings. The van der Waals surface area contributed by atoms with Crippen molar-refractivity contribution in [1.29, 1.82) is 0 Å². The maximum atomic E-state index is 13.4. The molecule has 11 heteroatoms. The zero-order valence-corrected chi connectivity index (χ0v) is 20.4. The van der Waals surface area contributed by atoms with Crippen LogP contribution >= 0.6 is 0 Å². The summed E-state index contributed by atoms with van der Waals surface area (Å²) >= 11 is 0. The van der Waals surface area contributed by atoms with Crippen LogP contribution in [-0.2, 0) is 20.9 Å². The van der Waals surface area contributed by atoms with Crippen LogP contribution in [0.25, 0.3) is 0 Å². The van der Waals surface area contributed by atoms with Crippen LogP contribution in [0, 0.1) is 0 Å². The Morgan fingerprint density at radius 2 is 1.82 bits per heavy atom. The van der Waals surface area contributed by atoms with Gasteiger partial charge in [0.15, 0.2) is 0 Å². The van der Waals surface area contributed by atoms with E-state index >= 15 is 0 Å². The fourth-order valence-electron chi connectivity index (χ4n) is 5.07. The molecule has 0 aromatic heterocycles. The number of hydrogen-bond acceptors (Lipinski definition) is 4. The van der Waals surface area contributed by atoms with Gasteiger partial charge in [-0.05, 0) is 63.0 Å². The van der Waals surface area contributed by atoms with Crippen molar-refractivity contribution in [2.24, 2.45) is 0 Å². The van der Waals surface area contributed by atoms with Crippen molar-refractivity contribution in [3.63, 3.8) is 0 Å². The summed E-state index contributed by atoms with van der Waals surface area (Å²) in [7, 11) is -3.47. The fourth-order valence-corrected chi connectivity index (χ4v) is 5.89. The summed E-state index contributed by atoms with van der Waals surface area (Å²) in [6.45, 7) is 2.94. The van der Waals surface area contributed by atoms with Gasteiger partial charge in [-0.25, -0.2) is 17.9 Å². The van der Waals surface area contributed by atoms with Crippen LogP contribution < -0.4 is 10.0 Å². The van der Waals surface area contributed by atoms with E-state index in [2.05, 4.69) is 10.0 Å². The van der Waals surface area contributed by atoms with Crippen LogP contribution in [0.2, 0.25) is 0 Å². The Bertz CT molecular complexity index is 934. The monoisotopic (exact) mass is 505 g/mol. The van der Waals surface area contributed by atoms with E-state index in [1.54, 1.807) is 17.0 Å². The topological polar surface area (TPSA) is 87.7 Å². The number of hydrogen-bond donors (Lipinski definition) is 2. The minimum absolute atomic E-state index is 0.147. The zero-order chi connectivity index (χ0) is 24.9. The first-order chi connectivity index (χ1) is 16.0. The molecule has 34 heavy (non-hydrogen) atoms. The number of urea groups is 1. The zero-order valence-electron chi connectivity index (χ0n) is 19.6. The number of nitrogens with zero attached hydrogens (tertiary/aromatic N) is 1. The minimum Gasteiger partial charge on any atom is -0.376 e. The minimum atomic E-state index is -4.38. The van der Waals surface area contributed by atoms with E-state index < -0.39 is 33.8 Å². The third kappa shape index (κ3) is 7.08. The summed E-state index contributed by atoms with van der Waals surface area (Å²) in [6, 6.07) is 4.56. The summed E-state index contributed by atoms with van der Waals surface area (Å²) < 4.78 is 72.7. The Morgan fingerprint density at radius 1 is 1.15 bits per heavy atom. The second-order valence-corrected chi connectivity index (χ2v) is 10.9. The lowest BCUT2D eigenvalue weighted by Crippen LogP contribution is -2.60. The maximum Gasteiger partial charge on any atom is 0.416 e. The highest BCUT2D eigenvalue weighted by atomic mass is 32.2. The molecule has 0 bridgehead atoms. The molecule has 1 heterocycles. The summed E-state index contributed by atoms with van der Waals surface area (Å²) in [5.41, 5.74) is -0.241. The SMILES string of the molecule is CCNC(=O)N1CCC[C@H](NS(C)(=O)=O)[C@@H]1CO[C@H]1CC[C@@H](c2ccccc2C(F)(F)F)CC1. The molecule has 1 aliphatic heterocycles. The van der Waals surface area contributed by atoms with Crippen LogP contribution in [0.15, 0.2) is 24.3 Å². The quantitative estimate of drug-likeness (QED) is 0.589. The molecule has 1 aromatic carbocycles. The molecule has 7 nitrogen and oxygen atoms in total. The lowest BCUT2D eigenvalue weighted by atomic mass is 9.81. The van der Waals surface area contributed by atoms with Gasteiger partial charge in [0.25, 0.3) is 0 Å². The predicted octanol–water partition coefficient (Wildman–Crippen LogP) is 3.86. The summed E-state index contributed by atoms with van der Waals surface area (Å²) in [5, 5.41) is 2.77. The molecule has 2 aliphatic rings. The summed E-state index contributed by atoms with van der Waals surface area (Å²) in [5.74, 6) is -0.182. The Balaban J connectivity index is 1.63. The number of nitrogens with one attached hydrogen (secondary N) is 2. The number of ether oxygens (including phenoxy) is 1. The van der Waals surface area contributed by atoms with Crippen LogP contribution in [0.3, 0.4) is 0 Å². The smallest absolute Gasteiger partial charge is 0.376 e. The highest BCUT2D eigenvalue weighted by Crippen LogP contribution is 2.41. The third-order valence-corrected chi connectivity index (χ3v) is 7.35. The number of piperidine rings is 1. The number of alkyl halides is 3. The van der Waals surface area contributed by atoms with Gasteiger partial charge in [0.05, 0.1) is 30.6 Å². The van der Waals surface area contributed by atoms with Gasteiger partial charge in [-0.1, -0.05) is 18.2 Å². The summed E-state index contributed by atoms with van der Waals surface area (Å²) in [4.78, 5) is 14.2. The average Bonchev–Trinajstić information content (AvgIpc) is 2.77. The average molecular weight is 506 g/mol. The van der Waals surface area contributed by atoms with E-state index in [0.717, 1.165) is 12.3 Å².